The summed E-state index contributed by atoms with van der Waals surface area (Å²) >= 11 is 0. The summed E-state index contributed by atoms with van der Waals surface area (Å²) in [6, 6.07) is 16.3. The minimum Gasteiger partial charge on any atom is -0.338 e. The van der Waals surface area contributed by atoms with Crippen molar-refractivity contribution in [2.24, 2.45) is 5.92 Å². The van der Waals surface area contributed by atoms with Gasteiger partial charge in [0, 0.05) is 37.2 Å². The Kier molecular flexibility index (Phi) is 5.28. The highest BCUT2D eigenvalue weighted by Gasteiger charge is 2.38. The van der Waals surface area contributed by atoms with Crippen LogP contribution in [0.4, 0.5) is 10.1 Å². The van der Waals surface area contributed by atoms with Crippen LogP contribution in [0.3, 0.4) is 0 Å². The molecule has 2 aliphatic rings. The van der Waals surface area contributed by atoms with E-state index in [2.05, 4.69) is 4.72 Å². The van der Waals surface area contributed by atoms with Crippen LogP contribution in [0.2, 0.25) is 0 Å². The summed E-state index contributed by atoms with van der Waals surface area (Å²) in [5.41, 5.74) is 1.14. The number of nitrogens with one attached hydrogen (secondary N) is 1. The third-order valence-electron chi connectivity index (χ3n) is 6.27. The van der Waals surface area contributed by atoms with E-state index in [0.29, 0.717) is 36.6 Å². The predicted octanol–water partition coefficient (Wildman–Crippen LogP) is 3.05. The van der Waals surface area contributed by atoms with Crippen LogP contribution in [0.5, 0.6) is 0 Å². The van der Waals surface area contributed by atoms with Crippen LogP contribution < -0.4 is 10.3 Å². The van der Waals surface area contributed by atoms with Crippen LogP contribution in [0.25, 0.3) is 0 Å². The number of aromatic nitrogens is 1. The Morgan fingerprint density at radius 3 is 2.39 bits per heavy atom. The van der Waals surface area contributed by atoms with E-state index in [1.165, 1.54) is 48.5 Å². The first kappa shape index (κ1) is 21.4. The lowest BCUT2D eigenvalue weighted by molar-refractivity contribution is 0.0595. The lowest BCUT2D eigenvalue weighted by Gasteiger charge is -2.43. The second kappa shape index (κ2) is 8.15. The van der Waals surface area contributed by atoms with Crippen LogP contribution in [0.15, 0.2) is 76.4 Å². The normalized spacial score (nSPS) is 19.6. The molecule has 1 amide bonds. The number of nitrogens with zero attached hydrogens (tertiary/aromatic N) is 2. The molecule has 170 valence electrons. The van der Waals surface area contributed by atoms with Gasteiger partial charge in [-0.3, -0.25) is 14.3 Å². The molecule has 2 atom stereocenters. The number of anilines is 1. The van der Waals surface area contributed by atoms with Gasteiger partial charge in [-0.2, -0.15) is 0 Å². The van der Waals surface area contributed by atoms with Crippen molar-refractivity contribution in [2.75, 3.05) is 17.8 Å². The van der Waals surface area contributed by atoms with E-state index in [9.17, 15) is 22.4 Å². The Labute approximate surface area is 190 Å². The zero-order chi connectivity index (χ0) is 23.2. The standard InChI is InChI=1S/C24H22FN3O4S/c25-19-8-6-17(7-9-19)24(30)27-13-16-12-18(15-27)23-21(10-11-22(29)28(23)14-16)26-33(31,32)20-4-2-1-3-5-20/h1-11,16,18,26H,12-15H2/t16-,18+/m0/s1. The summed E-state index contributed by atoms with van der Waals surface area (Å²) in [4.78, 5) is 27.5. The van der Waals surface area contributed by atoms with Crippen molar-refractivity contribution in [3.05, 3.63) is 94.2 Å². The molecule has 1 aromatic heterocycles. The average Bonchev–Trinajstić information content (AvgIpc) is 2.81. The summed E-state index contributed by atoms with van der Waals surface area (Å²) in [6.45, 7) is 1.23. The Hall–Kier alpha value is -3.46. The fourth-order valence-electron chi connectivity index (χ4n) is 4.85. The molecule has 3 aromatic rings. The van der Waals surface area contributed by atoms with Gasteiger partial charge >= 0.3 is 0 Å². The number of rotatable bonds is 4. The number of benzene rings is 2. The van der Waals surface area contributed by atoms with Gasteiger partial charge in [-0.25, -0.2) is 12.8 Å². The van der Waals surface area contributed by atoms with Crippen LogP contribution in [0.1, 0.15) is 28.4 Å². The molecule has 0 unspecified atom stereocenters. The van der Waals surface area contributed by atoms with Crippen LogP contribution in [-0.2, 0) is 16.6 Å². The Morgan fingerprint density at radius 2 is 1.67 bits per heavy atom. The van der Waals surface area contributed by atoms with Crippen molar-refractivity contribution in [1.29, 1.82) is 0 Å². The summed E-state index contributed by atoms with van der Waals surface area (Å²) in [7, 11) is -3.85. The van der Waals surface area contributed by atoms with Crippen LogP contribution in [-0.4, -0.2) is 36.9 Å². The van der Waals surface area contributed by atoms with E-state index in [0.717, 1.165) is 6.42 Å². The molecule has 5 rings (SSSR count). The molecule has 0 saturated carbocycles. The molecule has 1 N–H and O–H groups in total. The van der Waals surface area contributed by atoms with Gasteiger partial charge in [0.2, 0.25) is 0 Å². The molecule has 0 aliphatic carbocycles. The molecule has 9 heteroatoms. The number of likely N-dealkylation sites (tertiary alicyclic amines) is 1. The quantitative estimate of drug-likeness (QED) is 0.639. The maximum Gasteiger partial charge on any atom is 0.261 e. The molecular weight excluding hydrogens is 445 g/mol. The highest BCUT2D eigenvalue weighted by molar-refractivity contribution is 7.92. The highest BCUT2D eigenvalue weighted by atomic mass is 32.2. The molecule has 0 spiro atoms. The predicted molar refractivity (Wildman–Crippen MR) is 121 cm³/mol. The summed E-state index contributed by atoms with van der Waals surface area (Å²) in [5.74, 6) is -0.753. The second-order valence-corrected chi connectivity index (χ2v) is 10.2. The van der Waals surface area contributed by atoms with Crippen molar-refractivity contribution >= 4 is 21.6 Å². The van der Waals surface area contributed by atoms with Gasteiger partial charge in [0.1, 0.15) is 5.82 Å². The van der Waals surface area contributed by atoms with Gasteiger partial charge in [-0.1, -0.05) is 18.2 Å². The maximum atomic E-state index is 13.3. The number of hydrogen-bond acceptors (Lipinski definition) is 4. The number of halogens is 1. The summed E-state index contributed by atoms with van der Waals surface area (Å²) < 4.78 is 43.4. The largest absolute Gasteiger partial charge is 0.338 e. The van der Waals surface area contributed by atoms with E-state index in [4.69, 9.17) is 0 Å². The second-order valence-electron chi connectivity index (χ2n) is 8.52. The van der Waals surface area contributed by atoms with E-state index < -0.39 is 15.8 Å². The van der Waals surface area contributed by atoms with Crippen LogP contribution >= 0.6 is 0 Å². The van der Waals surface area contributed by atoms with E-state index in [-0.39, 0.29) is 28.2 Å². The first-order valence-corrected chi connectivity index (χ1v) is 12.2. The van der Waals surface area contributed by atoms with Crippen molar-refractivity contribution in [2.45, 2.75) is 23.8 Å². The third-order valence-corrected chi connectivity index (χ3v) is 7.65. The Morgan fingerprint density at radius 1 is 0.939 bits per heavy atom. The smallest absolute Gasteiger partial charge is 0.261 e. The van der Waals surface area contributed by atoms with Gasteiger partial charge in [-0.05, 0) is 54.8 Å². The molecule has 7 nitrogen and oxygen atoms in total. The first-order valence-electron chi connectivity index (χ1n) is 10.7. The number of carbonyl (C=O) groups is 1. The third kappa shape index (κ3) is 4.04. The van der Waals surface area contributed by atoms with Gasteiger partial charge < -0.3 is 9.47 Å². The number of carbonyl (C=O) groups excluding carboxylic acids is 1. The number of sulfonamides is 1. The van der Waals surface area contributed by atoms with E-state index >= 15 is 0 Å². The van der Waals surface area contributed by atoms with Crippen molar-refractivity contribution in [1.82, 2.24) is 9.47 Å². The highest BCUT2D eigenvalue weighted by Crippen LogP contribution is 2.39. The SMILES string of the molecule is O=C(c1ccc(F)cc1)N1C[C@@H]2C[C@H](C1)c1c(NS(=O)(=O)c3ccccc3)ccc(=O)n1C2. The molecule has 1 fully saturated rings. The molecule has 33 heavy (non-hydrogen) atoms. The minimum absolute atomic E-state index is 0.0688. The molecular formula is C24H22FN3O4S. The molecule has 2 aliphatic heterocycles. The Bertz CT molecular complexity index is 1370. The van der Waals surface area contributed by atoms with Gasteiger partial charge in [0.15, 0.2) is 0 Å². The number of pyridine rings is 1. The van der Waals surface area contributed by atoms with Crippen molar-refractivity contribution < 1.29 is 17.6 Å². The molecule has 2 aromatic carbocycles. The fraction of sp³-hybridized carbons (Fsp3) is 0.250. The summed E-state index contributed by atoms with van der Waals surface area (Å²) in [5, 5.41) is 0. The maximum absolute atomic E-state index is 13.3. The van der Waals surface area contributed by atoms with Crippen molar-refractivity contribution in [3.8, 4) is 0 Å². The molecule has 3 heterocycles. The molecule has 0 radical (unpaired) electrons. The molecule has 1 saturated heterocycles. The van der Waals surface area contributed by atoms with Gasteiger partial charge in [-0.15, -0.1) is 0 Å². The lowest BCUT2D eigenvalue weighted by Crippen LogP contribution is -2.49. The first-order chi connectivity index (χ1) is 15.8. The zero-order valence-electron chi connectivity index (χ0n) is 17.6. The van der Waals surface area contributed by atoms with Gasteiger partial charge in [0.25, 0.3) is 21.5 Å². The number of amides is 1. The van der Waals surface area contributed by atoms with Gasteiger partial charge in [0.05, 0.1) is 16.3 Å². The number of piperidine rings is 1. The van der Waals surface area contributed by atoms with Crippen LogP contribution in [0, 0.1) is 11.7 Å². The van der Waals surface area contributed by atoms with E-state index in [1.807, 2.05) is 0 Å². The minimum atomic E-state index is -3.85. The van der Waals surface area contributed by atoms with Crippen molar-refractivity contribution in [3.63, 3.8) is 0 Å². The lowest BCUT2D eigenvalue weighted by atomic mass is 9.82. The zero-order valence-corrected chi connectivity index (χ0v) is 18.5. The number of hydrogen-bond donors (Lipinski definition) is 1. The number of fused-ring (bicyclic) bond motifs is 4. The molecule has 2 bridgehead atoms. The summed E-state index contributed by atoms with van der Waals surface area (Å²) in [6.07, 6.45) is 0.747. The Balaban J connectivity index is 1.48. The van der Waals surface area contributed by atoms with E-state index in [1.54, 1.807) is 27.7 Å². The topological polar surface area (TPSA) is 88.5 Å². The monoisotopic (exact) mass is 467 g/mol. The fourth-order valence-corrected chi connectivity index (χ4v) is 5.94. The average molecular weight is 468 g/mol.